The molecule has 25 heteroatoms. The van der Waals surface area contributed by atoms with Gasteiger partial charge < -0.3 is 31.7 Å². The number of benzene rings is 2. The first-order valence-electron chi connectivity index (χ1n) is 19.7. The van der Waals surface area contributed by atoms with Crippen molar-refractivity contribution in [2.45, 2.75) is 51.9 Å². The SMILES string of the molecule is Cc1ccc(C#N)c(CNC(=O)Cn2c(Cl)cnc(NCC(F)(F)c3cccc[n+]3[O-])c2=O)c1F.Cc1ccc(F)c(CNC(=O)Cn2c(Cl)cnc(NCC(F)(F)c3cccc[n+]3[O-])c2=O)c1. The summed E-state index contributed by atoms with van der Waals surface area (Å²) in [4.78, 5) is 57.4. The van der Waals surface area contributed by atoms with E-state index in [9.17, 15) is 55.9 Å². The van der Waals surface area contributed by atoms with E-state index >= 15 is 0 Å². The smallest absolute Gasteiger partial charge is 0.347 e. The number of carbonyl (C=O) groups excluding carboxylic acids is 2. The van der Waals surface area contributed by atoms with Crippen LogP contribution in [0.15, 0.2) is 101 Å². The number of amides is 2. The molecule has 17 nitrogen and oxygen atoms in total. The number of anilines is 2. The second-order valence-electron chi connectivity index (χ2n) is 14.6. The maximum absolute atomic E-state index is 14.4. The van der Waals surface area contributed by atoms with Crippen LogP contribution in [0.1, 0.15) is 39.2 Å². The Balaban J connectivity index is 0.000000255. The molecule has 0 aliphatic rings. The van der Waals surface area contributed by atoms with Gasteiger partial charge in [-0.15, -0.1) is 0 Å². The molecule has 6 aromatic rings. The Bertz CT molecular complexity index is 3010. The first kappa shape index (κ1) is 51.3. The number of nitriles is 1. The third-order valence-electron chi connectivity index (χ3n) is 9.66. The number of nitrogens with one attached hydrogen (secondary N) is 4. The zero-order chi connectivity index (χ0) is 49.9. The average molecular weight is 989 g/mol. The van der Waals surface area contributed by atoms with Gasteiger partial charge in [-0.1, -0.05) is 47.0 Å². The van der Waals surface area contributed by atoms with Gasteiger partial charge in [-0.3, -0.25) is 28.3 Å². The molecular weight excluding hydrogens is 951 g/mol. The van der Waals surface area contributed by atoms with Gasteiger partial charge in [0.05, 0.1) is 37.1 Å². The molecule has 4 aromatic heterocycles. The summed E-state index contributed by atoms with van der Waals surface area (Å²) in [5.41, 5.74) is -2.16. The van der Waals surface area contributed by atoms with Gasteiger partial charge in [-0.2, -0.15) is 32.3 Å². The van der Waals surface area contributed by atoms with Crippen molar-refractivity contribution in [3.8, 4) is 6.07 Å². The first-order chi connectivity index (χ1) is 32.1. The first-order valence-corrected chi connectivity index (χ1v) is 20.5. The minimum Gasteiger partial charge on any atom is -0.618 e. The van der Waals surface area contributed by atoms with Crippen molar-refractivity contribution < 1.29 is 45.4 Å². The van der Waals surface area contributed by atoms with E-state index in [1.54, 1.807) is 19.1 Å². The van der Waals surface area contributed by atoms with Crippen LogP contribution in [0.3, 0.4) is 0 Å². The van der Waals surface area contributed by atoms with Gasteiger partial charge in [0.2, 0.25) is 11.8 Å². The molecule has 0 spiro atoms. The van der Waals surface area contributed by atoms with Crippen molar-refractivity contribution in [3.05, 3.63) is 184 Å². The van der Waals surface area contributed by atoms with E-state index in [1.807, 2.05) is 6.07 Å². The number of hydrogen-bond acceptors (Lipinski definition) is 11. The highest BCUT2D eigenvalue weighted by Gasteiger charge is 2.40. The number of hydrogen-bond donors (Lipinski definition) is 4. The highest BCUT2D eigenvalue weighted by atomic mass is 35.5. The van der Waals surface area contributed by atoms with E-state index in [1.165, 1.54) is 49.4 Å². The van der Waals surface area contributed by atoms with E-state index < -0.39 is 95.6 Å². The average Bonchev–Trinajstić information content (AvgIpc) is 3.29. The van der Waals surface area contributed by atoms with Crippen molar-refractivity contribution >= 4 is 46.7 Å². The molecule has 6 rings (SSSR count). The van der Waals surface area contributed by atoms with Crippen LogP contribution in [0.25, 0.3) is 0 Å². The highest BCUT2D eigenvalue weighted by Crippen LogP contribution is 2.26. The summed E-state index contributed by atoms with van der Waals surface area (Å²) < 4.78 is 87.5. The summed E-state index contributed by atoms with van der Waals surface area (Å²) in [6.45, 7) is -0.555. The molecule has 0 unspecified atom stereocenters. The molecule has 356 valence electrons. The van der Waals surface area contributed by atoms with Crippen molar-refractivity contribution in [1.29, 1.82) is 5.26 Å². The maximum atomic E-state index is 14.4. The standard InChI is InChI=1S/C22H18ClF3N6O3.C21H19ClF3N5O3/c1-13-5-6-14(8-27)15(19(13)24)9-28-18(33)11-31-17(23)10-29-20(21(31)34)30-12-22(25,26)16-4-2-3-7-32(16)35;1-13-5-6-15(23)14(8-13)9-26-18(31)11-29-17(22)10-27-19(20(29)32)28-12-21(24,25)16-4-2-3-7-30(16)33/h2-7,10H,9,11-12H2,1H3,(H,28,33)(H,29,30);2-8,10H,9,11-12H2,1H3,(H,26,31)(H,27,28). The lowest BCUT2D eigenvalue weighted by atomic mass is 10.0. The highest BCUT2D eigenvalue weighted by molar-refractivity contribution is 6.29. The van der Waals surface area contributed by atoms with E-state index in [0.29, 0.717) is 0 Å². The number of rotatable bonds is 16. The Labute approximate surface area is 391 Å². The molecule has 2 aromatic carbocycles. The predicted octanol–water partition coefficient (Wildman–Crippen LogP) is 4.87. The molecular formula is C43H37Cl2F6N11O6. The van der Waals surface area contributed by atoms with Crippen LogP contribution >= 0.6 is 23.2 Å². The van der Waals surface area contributed by atoms with E-state index in [4.69, 9.17) is 28.5 Å². The third kappa shape index (κ3) is 12.8. The topological polar surface area (TPSA) is 230 Å². The maximum Gasteiger partial charge on any atom is 0.347 e. The lowest BCUT2D eigenvalue weighted by Crippen LogP contribution is -2.41. The van der Waals surface area contributed by atoms with Gasteiger partial charge >= 0.3 is 11.8 Å². The number of pyridine rings is 2. The van der Waals surface area contributed by atoms with Gasteiger partial charge in [-0.25, -0.2) is 18.7 Å². The second kappa shape index (κ2) is 22.2. The molecule has 2 amide bonds. The molecule has 0 atom stereocenters. The van der Waals surface area contributed by atoms with Crippen molar-refractivity contribution in [2.75, 3.05) is 23.7 Å². The van der Waals surface area contributed by atoms with Crippen LogP contribution in [0.4, 0.5) is 38.0 Å². The zero-order valence-corrected chi connectivity index (χ0v) is 37.0. The van der Waals surface area contributed by atoms with Gasteiger partial charge in [0, 0.05) is 48.5 Å². The number of nitrogens with zero attached hydrogens (tertiary/aromatic N) is 7. The van der Waals surface area contributed by atoms with E-state index in [-0.39, 0.29) is 55.1 Å². The number of aryl methyl sites for hydroxylation is 2. The zero-order valence-electron chi connectivity index (χ0n) is 35.5. The number of alkyl halides is 4. The largest absolute Gasteiger partial charge is 0.618 e. The fourth-order valence-corrected chi connectivity index (χ4v) is 6.47. The van der Waals surface area contributed by atoms with Gasteiger partial charge in [0.15, 0.2) is 24.0 Å². The molecule has 0 aliphatic carbocycles. The number of carbonyl (C=O) groups is 2. The third-order valence-corrected chi connectivity index (χ3v) is 10.3. The summed E-state index contributed by atoms with van der Waals surface area (Å²) in [6, 6.07) is 16.2. The predicted molar refractivity (Wildman–Crippen MR) is 233 cm³/mol. The van der Waals surface area contributed by atoms with Crippen LogP contribution in [0.2, 0.25) is 10.3 Å². The summed E-state index contributed by atoms with van der Waals surface area (Å²) in [5.74, 6) is -10.8. The molecule has 4 heterocycles. The molecule has 0 fully saturated rings. The molecule has 0 saturated heterocycles. The Kier molecular flexibility index (Phi) is 16.7. The summed E-state index contributed by atoms with van der Waals surface area (Å²) in [6.07, 6.45) is 3.85. The summed E-state index contributed by atoms with van der Waals surface area (Å²) >= 11 is 11.9. The Morgan fingerprint density at radius 3 is 1.71 bits per heavy atom. The number of halogens is 8. The summed E-state index contributed by atoms with van der Waals surface area (Å²) in [7, 11) is 0. The summed E-state index contributed by atoms with van der Waals surface area (Å²) in [5, 5.41) is 41.2. The van der Waals surface area contributed by atoms with Gasteiger partial charge in [0.1, 0.15) is 35.0 Å². The minimum absolute atomic E-state index is 0.00831. The normalized spacial score (nSPS) is 11.2. The van der Waals surface area contributed by atoms with Gasteiger partial charge in [0.25, 0.3) is 22.5 Å². The van der Waals surface area contributed by atoms with Crippen LogP contribution in [0, 0.1) is 47.2 Å². The van der Waals surface area contributed by atoms with Crippen molar-refractivity contribution in [3.63, 3.8) is 0 Å². The molecule has 0 radical (unpaired) electrons. The Morgan fingerprint density at radius 1 is 0.750 bits per heavy atom. The monoisotopic (exact) mass is 987 g/mol. The quantitative estimate of drug-likeness (QED) is 0.0581. The Morgan fingerprint density at radius 2 is 1.24 bits per heavy atom. The van der Waals surface area contributed by atoms with Crippen LogP contribution < -0.4 is 41.8 Å². The van der Waals surface area contributed by atoms with Gasteiger partial charge in [-0.05, 0) is 43.7 Å². The van der Waals surface area contributed by atoms with Crippen LogP contribution in [-0.2, 0) is 47.6 Å². The molecule has 0 bridgehead atoms. The molecule has 68 heavy (non-hydrogen) atoms. The lowest BCUT2D eigenvalue weighted by molar-refractivity contribution is -0.624. The lowest BCUT2D eigenvalue weighted by Gasteiger charge is -2.17. The van der Waals surface area contributed by atoms with E-state index in [2.05, 4.69) is 31.2 Å². The minimum atomic E-state index is -3.64. The molecule has 4 N–H and O–H groups in total. The second-order valence-corrected chi connectivity index (χ2v) is 15.3. The fourth-order valence-electron chi connectivity index (χ4n) is 6.10. The van der Waals surface area contributed by atoms with Crippen LogP contribution in [-0.4, -0.2) is 44.0 Å². The Hall–Kier alpha value is -7.71. The van der Waals surface area contributed by atoms with Crippen molar-refractivity contribution in [2.24, 2.45) is 0 Å². The molecule has 0 aliphatic heterocycles. The molecule has 0 saturated carbocycles. The van der Waals surface area contributed by atoms with E-state index in [0.717, 1.165) is 51.6 Å². The van der Waals surface area contributed by atoms with Crippen LogP contribution in [0.5, 0.6) is 0 Å². The van der Waals surface area contributed by atoms with Crippen molar-refractivity contribution in [1.82, 2.24) is 29.7 Å². The fraction of sp³-hybridized carbons (Fsp3) is 0.233. The number of aromatic nitrogens is 6.